The van der Waals surface area contributed by atoms with Crippen molar-refractivity contribution in [1.82, 2.24) is 0 Å². The van der Waals surface area contributed by atoms with Gasteiger partial charge in [-0.15, -0.1) is 0 Å². The monoisotopic (exact) mass is 190 g/mol. The molecule has 0 atom stereocenters. The molecule has 0 saturated heterocycles. The van der Waals surface area contributed by atoms with Gasteiger partial charge in [0, 0.05) is 0 Å². The van der Waals surface area contributed by atoms with E-state index in [0.717, 1.165) is 11.7 Å². The Balaban J connectivity index is 2.32. The molecular weight excluding hydrogens is 172 g/mol. The Kier molecular flexibility index (Phi) is 2.76. The van der Waals surface area contributed by atoms with E-state index < -0.39 is 0 Å². The fourth-order valence-electron chi connectivity index (χ4n) is 2.53. The fourth-order valence-corrected chi connectivity index (χ4v) is 2.53. The van der Waals surface area contributed by atoms with Crippen molar-refractivity contribution in [2.75, 3.05) is 7.11 Å². The minimum atomic E-state index is 0.782. The second-order valence-corrected chi connectivity index (χ2v) is 4.16. The Bertz CT molecular complexity index is 311. The molecule has 1 aromatic rings. The van der Waals surface area contributed by atoms with Gasteiger partial charge < -0.3 is 4.74 Å². The van der Waals surface area contributed by atoms with E-state index in [0.29, 0.717) is 0 Å². The van der Waals surface area contributed by atoms with Crippen LogP contribution < -0.4 is 4.74 Å². The van der Waals surface area contributed by atoms with Gasteiger partial charge in [-0.1, -0.05) is 25.0 Å². The molecule has 0 heterocycles. The fraction of sp³-hybridized carbons (Fsp3) is 0.538. The van der Waals surface area contributed by atoms with E-state index in [9.17, 15) is 0 Å². The summed E-state index contributed by atoms with van der Waals surface area (Å²) < 4.78 is 5.35. The van der Waals surface area contributed by atoms with E-state index in [1.54, 1.807) is 7.11 Å². The molecule has 1 aliphatic carbocycles. The zero-order valence-electron chi connectivity index (χ0n) is 9.05. The third-order valence-corrected chi connectivity index (χ3v) is 3.34. The van der Waals surface area contributed by atoms with E-state index in [-0.39, 0.29) is 0 Å². The molecule has 0 unspecified atom stereocenters. The molecule has 1 fully saturated rings. The highest BCUT2D eigenvalue weighted by molar-refractivity contribution is 5.41. The van der Waals surface area contributed by atoms with E-state index >= 15 is 0 Å². The van der Waals surface area contributed by atoms with E-state index in [1.807, 2.05) is 6.07 Å². The highest BCUT2D eigenvalue weighted by Crippen LogP contribution is 2.37. The molecule has 0 aliphatic heterocycles. The first-order chi connectivity index (χ1) is 6.83. The number of benzene rings is 1. The van der Waals surface area contributed by atoms with Crippen LogP contribution in [0.15, 0.2) is 18.2 Å². The number of ether oxygens (including phenoxy) is 1. The van der Waals surface area contributed by atoms with Crippen molar-refractivity contribution in [2.24, 2.45) is 0 Å². The second kappa shape index (κ2) is 4.04. The molecule has 1 aliphatic rings. The molecule has 0 bridgehead atoms. The smallest absolute Gasteiger partial charge is 0.122 e. The van der Waals surface area contributed by atoms with Crippen LogP contribution in [0.25, 0.3) is 0 Å². The van der Waals surface area contributed by atoms with Gasteiger partial charge in [0.15, 0.2) is 0 Å². The Labute approximate surface area is 86.1 Å². The Hall–Kier alpha value is -0.980. The van der Waals surface area contributed by atoms with Crippen molar-refractivity contribution < 1.29 is 4.74 Å². The van der Waals surface area contributed by atoms with Gasteiger partial charge in [0.2, 0.25) is 0 Å². The number of hydrogen-bond donors (Lipinski definition) is 0. The van der Waals surface area contributed by atoms with Crippen LogP contribution >= 0.6 is 0 Å². The molecule has 1 saturated carbocycles. The maximum absolute atomic E-state index is 5.35. The van der Waals surface area contributed by atoms with Gasteiger partial charge in [-0.3, -0.25) is 0 Å². The molecule has 1 aromatic carbocycles. The van der Waals surface area contributed by atoms with Crippen LogP contribution in [0.4, 0.5) is 0 Å². The minimum Gasteiger partial charge on any atom is -0.496 e. The summed E-state index contributed by atoms with van der Waals surface area (Å²) in [5, 5.41) is 0. The van der Waals surface area contributed by atoms with Gasteiger partial charge in [0.25, 0.3) is 0 Å². The Morgan fingerprint density at radius 3 is 2.57 bits per heavy atom. The summed E-state index contributed by atoms with van der Waals surface area (Å²) in [6, 6.07) is 6.42. The molecule has 76 valence electrons. The third kappa shape index (κ3) is 1.63. The predicted octanol–water partition coefficient (Wildman–Crippen LogP) is 3.66. The summed E-state index contributed by atoms with van der Waals surface area (Å²) in [6.45, 7) is 2.17. The lowest BCUT2D eigenvalue weighted by Crippen LogP contribution is -1.98. The van der Waals surface area contributed by atoms with E-state index in [2.05, 4.69) is 19.1 Å². The van der Waals surface area contributed by atoms with Crippen molar-refractivity contribution >= 4 is 0 Å². The summed E-state index contributed by atoms with van der Waals surface area (Å²) in [6.07, 6.45) is 5.49. The van der Waals surface area contributed by atoms with Crippen molar-refractivity contribution in [1.29, 1.82) is 0 Å². The van der Waals surface area contributed by atoms with Crippen molar-refractivity contribution in [2.45, 2.75) is 38.5 Å². The molecule has 0 N–H and O–H groups in total. The lowest BCUT2D eigenvalue weighted by molar-refractivity contribution is 0.410. The molecule has 0 aromatic heterocycles. The summed E-state index contributed by atoms with van der Waals surface area (Å²) in [5.41, 5.74) is 2.84. The number of rotatable bonds is 2. The highest BCUT2D eigenvalue weighted by atomic mass is 16.5. The van der Waals surface area contributed by atoms with Crippen molar-refractivity contribution in [3.8, 4) is 5.75 Å². The van der Waals surface area contributed by atoms with Crippen molar-refractivity contribution in [3.05, 3.63) is 29.3 Å². The van der Waals surface area contributed by atoms with Crippen LogP contribution in [0.5, 0.6) is 5.75 Å². The van der Waals surface area contributed by atoms with Crippen LogP contribution in [0.2, 0.25) is 0 Å². The van der Waals surface area contributed by atoms with Crippen LogP contribution in [-0.4, -0.2) is 7.11 Å². The van der Waals surface area contributed by atoms with Gasteiger partial charge in [0.05, 0.1) is 7.11 Å². The van der Waals surface area contributed by atoms with Gasteiger partial charge in [-0.05, 0) is 42.9 Å². The lowest BCUT2D eigenvalue weighted by atomic mass is 9.93. The largest absolute Gasteiger partial charge is 0.496 e. The van der Waals surface area contributed by atoms with Gasteiger partial charge in [-0.25, -0.2) is 0 Å². The first-order valence-electron chi connectivity index (χ1n) is 5.46. The number of hydrogen-bond acceptors (Lipinski definition) is 1. The number of methoxy groups -OCH3 is 1. The maximum Gasteiger partial charge on any atom is 0.122 e. The first kappa shape index (κ1) is 9.57. The van der Waals surface area contributed by atoms with Crippen LogP contribution in [0.3, 0.4) is 0 Å². The first-order valence-corrected chi connectivity index (χ1v) is 5.46. The Morgan fingerprint density at radius 1 is 1.21 bits per heavy atom. The normalized spacial score (nSPS) is 17.3. The topological polar surface area (TPSA) is 9.23 Å². The average Bonchev–Trinajstić information content (AvgIpc) is 2.71. The summed E-state index contributed by atoms with van der Waals surface area (Å²) >= 11 is 0. The average molecular weight is 190 g/mol. The summed E-state index contributed by atoms with van der Waals surface area (Å²) in [4.78, 5) is 0. The van der Waals surface area contributed by atoms with E-state index in [4.69, 9.17) is 4.74 Å². The second-order valence-electron chi connectivity index (χ2n) is 4.16. The molecular formula is C13H18O. The van der Waals surface area contributed by atoms with Crippen LogP contribution in [0.1, 0.15) is 42.7 Å². The predicted molar refractivity (Wildman–Crippen MR) is 58.9 cm³/mol. The molecule has 1 heteroatoms. The van der Waals surface area contributed by atoms with Gasteiger partial charge in [-0.2, -0.15) is 0 Å². The highest BCUT2D eigenvalue weighted by Gasteiger charge is 2.19. The standard InChI is InChI=1S/C13H18O/c1-10-12(11-6-3-4-7-11)8-5-9-13(10)14-2/h5,8-9,11H,3-4,6-7H2,1-2H3. The minimum absolute atomic E-state index is 0.782. The summed E-state index contributed by atoms with van der Waals surface area (Å²) in [5.74, 6) is 1.82. The molecule has 14 heavy (non-hydrogen) atoms. The Morgan fingerprint density at radius 2 is 1.93 bits per heavy atom. The molecule has 1 nitrogen and oxygen atoms in total. The zero-order valence-corrected chi connectivity index (χ0v) is 9.05. The van der Waals surface area contributed by atoms with Crippen molar-refractivity contribution in [3.63, 3.8) is 0 Å². The van der Waals surface area contributed by atoms with Gasteiger partial charge in [0.1, 0.15) is 5.75 Å². The molecule has 0 spiro atoms. The maximum atomic E-state index is 5.35. The molecule has 0 radical (unpaired) electrons. The zero-order chi connectivity index (χ0) is 9.97. The van der Waals surface area contributed by atoms with Crippen LogP contribution in [0, 0.1) is 6.92 Å². The lowest BCUT2D eigenvalue weighted by Gasteiger charge is -2.15. The van der Waals surface area contributed by atoms with E-state index in [1.165, 1.54) is 36.8 Å². The summed E-state index contributed by atoms with van der Waals surface area (Å²) in [7, 11) is 1.75. The quantitative estimate of drug-likeness (QED) is 0.691. The SMILES string of the molecule is COc1cccc(C2CCCC2)c1C. The molecule has 0 amide bonds. The van der Waals surface area contributed by atoms with Gasteiger partial charge >= 0.3 is 0 Å². The molecule has 2 rings (SSSR count). The van der Waals surface area contributed by atoms with Crippen LogP contribution in [-0.2, 0) is 0 Å². The third-order valence-electron chi connectivity index (χ3n) is 3.34.